The van der Waals surface area contributed by atoms with Gasteiger partial charge in [0.25, 0.3) is 11.8 Å². The van der Waals surface area contributed by atoms with E-state index in [0.29, 0.717) is 22.8 Å². The van der Waals surface area contributed by atoms with Crippen molar-refractivity contribution < 1.29 is 13.6 Å². The summed E-state index contributed by atoms with van der Waals surface area (Å²) in [5.41, 5.74) is 14.2. The van der Waals surface area contributed by atoms with E-state index in [9.17, 15) is 13.6 Å². The van der Waals surface area contributed by atoms with Gasteiger partial charge in [-0.2, -0.15) is 0 Å². The number of nitrogens with zero attached hydrogens (tertiary/aromatic N) is 3. The van der Waals surface area contributed by atoms with Crippen LogP contribution in [0.15, 0.2) is 55.0 Å². The Morgan fingerprint density at radius 3 is 2.48 bits per heavy atom. The summed E-state index contributed by atoms with van der Waals surface area (Å²) in [5, 5.41) is 10.8. The maximum Gasteiger partial charge on any atom is 0.282 e. The molecule has 1 fully saturated rings. The lowest BCUT2D eigenvalue weighted by molar-refractivity contribution is -0.110. The van der Waals surface area contributed by atoms with Crippen molar-refractivity contribution in [2.24, 2.45) is 0 Å². The topological polar surface area (TPSA) is 134 Å². The molecule has 6 N–H and O–H groups in total. The van der Waals surface area contributed by atoms with Crippen molar-refractivity contribution in [3.05, 3.63) is 60.6 Å². The number of hydrogen-bond acceptors (Lipinski definition) is 7. The average Bonchev–Trinajstić information content (AvgIpc) is 2.72. The maximum absolute atomic E-state index is 13.0. The van der Waals surface area contributed by atoms with Gasteiger partial charge in [-0.3, -0.25) is 15.2 Å². The number of benzene rings is 1. The molecule has 3 aromatic rings. The summed E-state index contributed by atoms with van der Waals surface area (Å²) in [6.07, 6.45) is 4.50. The third kappa shape index (κ3) is 4.27. The fourth-order valence-electron chi connectivity index (χ4n) is 3.21. The zero-order chi connectivity index (χ0) is 22.2. The number of pyridine rings is 2. The van der Waals surface area contributed by atoms with E-state index in [1.165, 1.54) is 23.4 Å². The zero-order valence-corrected chi connectivity index (χ0v) is 16.3. The van der Waals surface area contributed by atoms with Gasteiger partial charge in [-0.1, -0.05) is 6.07 Å². The van der Waals surface area contributed by atoms with Gasteiger partial charge in [0, 0.05) is 29.2 Å². The molecule has 1 amide bonds. The molecule has 0 saturated carbocycles. The summed E-state index contributed by atoms with van der Waals surface area (Å²) in [6, 6.07) is 9.79. The minimum Gasteiger partial charge on any atom is -0.398 e. The van der Waals surface area contributed by atoms with Gasteiger partial charge in [-0.15, -0.1) is 0 Å². The van der Waals surface area contributed by atoms with Crippen molar-refractivity contribution in [1.82, 2.24) is 9.97 Å². The van der Waals surface area contributed by atoms with E-state index in [0.717, 1.165) is 5.56 Å². The molecule has 10 heteroatoms. The number of rotatable bonds is 5. The summed E-state index contributed by atoms with van der Waals surface area (Å²) in [5.74, 6) is -2.98. The Kier molecular flexibility index (Phi) is 4.97. The quantitative estimate of drug-likeness (QED) is 0.368. The van der Waals surface area contributed by atoms with Crippen LogP contribution in [0.25, 0.3) is 11.1 Å². The van der Waals surface area contributed by atoms with Crippen LogP contribution in [0.3, 0.4) is 0 Å². The molecule has 1 aliphatic heterocycles. The van der Waals surface area contributed by atoms with Crippen LogP contribution in [0.1, 0.15) is 5.56 Å². The number of alkyl halides is 2. The van der Waals surface area contributed by atoms with Crippen LogP contribution in [0.5, 0.6) is 0 Å². The van der Waals surface area contributed by atoms with Crippen molar-refractivity contribution >= 4 is 34.5 Å². The second kappa shape index (κ2) is 7.63. The third-order valence-corrected chi connectivity index (χ3v) is 4.82. The van der Waals surface area contributed by atoms with Crippen LogP contribution >= 0.6 is 0 Å². The fraction of sp³-hybridized carbons (Fsp3) is 0.143. The van der Waals surface area contributed by atoms with Gasteiger partial charge in [0.1, 0.15) is 11.5 Å². The third-order valence-electron chi connectivity index (χ3n) is 4.82. The lowest BCUT2D eigenvalue weighted by atomic mass is 10.00. The number of nitrogens with one attached hydrogen (secondary N) is 2. The highest BCUT2D eigenvalue weighted by molar-refractivity contribution is 6.48. The number of halogens is 2. The van der Waals surface area contributed by atoms with Crippen LogP contribution in [-0.2, 0) is 4.79 Å². The Labute approximate surface area is 176 Å². The average molecular weight is 423 g/mol. The van der Waals surface area contributed by atoms with E-state index in [1.54, 1.807) is 36.5 Å². The van der Waals surface area contributed by atoms with Gasteiger partial charge in [0.05, 0.1) is 30.7 Å². The summed E-state index contributed by atoms with van der Waals surface area (Å²) >= 11 is 0. The minimum atomic E-state index is -2.69. The van der Waals surface area contributed by atoms with Crippen LogP contribution < -0.4 is 21.7 Å². The Hall–Kier alpha value is -4.08. The molecule has 158 valence electrons. The Morgan fingerprint density at radius 2 is 1.84 bits per heavy atom. The highest BCUT2D eigenvalue weighted by Gasteiger charge is 2.44. The summed E-state index contributed by atoms with van der Waals surface area (Å²) in [4.78, 5) is 22.2. The first kappa shape index (κ1) is 20.2. The van der Waals surface area contributed by atoms with Crippen molar-refractivity contribution in [2.45, 2.75) is 5.92 Å². The zero-order valence-electron chi connectivity index (χ0n) is 16.3. The maximum atomic E-state index is 13.0. The van der Waals surface area contributed by atoms with E-state index in [-0.39, 0.29) is 30.1 Å². The van der Waals surface area contributed by atoms with Gasteiger partial charge >= 0.3 is 0 Å². The van der Waals surface area contributed by atoms with Crippen molar-refractivity contribution in [1.29, 1.82) is 5.41 Å². The molecule has 3 heterocycles. The minimum absolute atomic E-state index is 0.254. The second-order valence-corrected chi connectivity index (χ2v) is 7.26. The molecule has 0 aliphatic carbocycles. The van der Waals surface area contributed by atoms with Crippen molar-refractivity contribution in [2.75, 3.05) is 34.8 Å². The highest BCUT2D eigenvalue weighted by atomic mass is 19.3. The summed E-state index contributed by atoms with van der Waals surface area (Å²) in [7, 11) is 0. The molecular weight excluding hydrogens is 404 g/mol. The number of nitrogens with two attached hydrogens (primary N) is 2. The van der Waals surface area contributed by atoms with E-state index in [4.69, 9.17) is 16.9 Å². The molecule has 1 saturated heterocycles. The van der Waals surface area contributed by atoms with E-state index in [2.05, 4.69) is 15.3 Å². The van der Waals surface area contributed by atoms with Crippen LogP contribution in [-0.4, -0.2) is 40.6 Å². The van der Waals surface area contributed by atoms with Crippen molar-refractivity contribution in [3.63, 3.8) is 0 Å². The lowest BCUT2D eigenvalue weighted by Crippen LogP contribution is -2.56. The predicted molar refractivity (Wildman–Crippen MR) is 115 cm³/mol. The second-order valence-electron chi connectivity index (χ2n) is 7.26. The van der Waals surface area contributed by atoms with Gasteiger partial charge in [-0.25, -0.2) is 13.8 Å². The van der Waals surface area contributed by atoms with Gasteiger partial charge in [0.15, 0.2) is 0 Å². The van der Waals surface area contributed by atoms with Gasteiger partial charge < -0.3 is 21.7 Å². The van der Waals surface area contributed by atoms with Gasteiger partial charge in [-0.05, 0) is 35.9 Å². The molecule has 0 atom stereocenters. The number of hydrogen-bond donors (Lipinski definition) is 4. The SMILES string of the molecule is N=C(C(=O)Nc1ccc(N2CC(F)(F)C2)nc1)c1cc(-c2cncc(N)c2)ccc1N. The monoisotopic (exact) mass is 423 g/mol. The standard InChI is InChI=1S/C21H19F2N7O/c22-21(23)10-30(11-21)18-4-2-15(9-28-18)29-20(31)19(26)16-6-12(1-3-17(16)25)13-5-14(24)8-27-7-13/h1-9,26H,10-11,24-25H2,(H,29,31). The largest absolute Gasteiger partial charge is 0.398 e. The molecule has 0 radical (unpaired) electrons. The van der Waals surface area contributed by atoms with E-state index < -0.39 is 11.8 Å². The molecule has 0 spiro atoms. The van der Waals surface area contributed by atoms with Crippen molar-refractivity contribution in [3.8, 4) is 11.1 Å². The molecule has 1 aromatic carbocycles. The van der Waals surface area contributed by atoms with Crippen LogP contribution in [0.4, 0.5) is 31.7 Å². The normalized spacial score (nSPS) is 14.6. The predicted octanol–water partition coefficient (Wildman–Crippen LogP) is 2.77. The Morgan fingerprint density at radius 1 is 1.06 bits per heavy atom. The number of nitrogen functional groups attached to an aromatic ring is 2. The number of carbonyl (C=O) groups excluding carboxylic acids is 1. The lowest BCUT2D eigenvalue weighted by Gasteiger charge is -2.39. The molecule has 8 nitrogen and oxygen atoms in total. The van der Waals surface area contributed by atoms with E-state index in [1.807, 2.05) is 0 Å². The molecule has 2 aromatic heterocycles. The molecule has 1 aliphatic rings. The Balaban J connectivity index is 1.48. The summed E-state index contributed by atoms with van der Waals surface area (Å²) < 4.78 is 26.0. The molecule has 0 unspecified atom stereocenters. The fourth-order valence-corrected chi connectivity index (χ4v) is 3.21. The van der Waals surface area contributed by atoms with Crippen LogP contribution in [0, 0.1) is 5.41 Å². The number of carbonyl (C=O) groups is 1. The molecule has 4 rings (SSSR count). The van der Waals surface area contributed by atoms with Gasteiger partial charge in [0.2, 0.25) is 0 Å². The molecular formula is C21H19F2N7O. The van der Waals surface area contributed by atoms with E-state index >= 15 is 0 Å². The number of amides is 1. The number of anilines is 4. The number of aromatic nitrogens is 2. The first-order valence-electron chi connectivity index (χ1n) is 9.31. The van der Waals surface area contributed by atoms with Crippen LogP contribution in [0.2, 0.25) is 0 Å². The Bertz CT molecular complexity index is 1160. The molecule has 0 bridgehead atoms. The summed E-state index contributed by atoms with van der Waals surface area (Å²) in [6.45, 7) is -0.761. The highest BCUT2D eigenvalue weighted by Crippen LogP contribution is 2.31. The first-order valence-corrected chi connectivity index (χ1v) is 9.31. The smallest absolute Gasteiger partial charge is 0.282 e. The first-order chi connectivity index (χ1) is 14.7. The molecule has 31 heavy (non-hydrogen) atoms.